The number of esters is 1. The van der Waals surface area contributed by atoms with Crippen molar-refractivity contribution in [2.75, 3.05) is 26.2 Å². The summed E-state index contributed by atoms with van der Waals surface area (Å²) in [6, 6.07) is 8.70. The third-order valence-corrected chi connectivity index (χ3v) is 7.43. The second kappa shape index (κ2) is 17.3. The number of benzene rings is 3. The van der Waals surface area contributed by atoms with Crippen LogP contribution in [0.1, 0.15) is 40.7 Å². The third kappa shape index (κ3) is 11.2. The summed E-state index contributed by atoms with van der Waals surface area (Å²) < 4.78 is 59.8. The van der Waals surface area contributed by atoms with E-state index in [2.05, 4.69) is 0 Å². The maximum atomic E-state index is 14.1. The number of nitrogens with zero attached hydrogens (tertiary/aromatic N) is 2. The highest BCUT2D eigenvalue weighted by molar-refractivity contribution is 5.73. The summed E-state index contributed by atoms with van der Waals surface area (Å²) in [5, 5.41) is 48.8. The van der Waals surface area contributed by atoms with Crippen LogP contribution in [-0.2, 0) is 45.1 Å². The van der Waals surface area contributed by atoms with Gasteiger partial charge >= 0.3 is 23.9 Å². The SMILES string of the molecule is Cc1c(F)c(F)c(F)c(F)c1OC(=O)CCc1ccc(O)c(CN(CCN(CC(=O)O)Cc2cc(CCC(=O)O)ccc2O)CC(=O)O)c1. The van der Waals surface area contributed by atoms with Gasteiger partial charge in [-0.3, -0.25) is 29.0 Å². The van der Waals surface area contributed by atoms with Crippen LogP contribution in [-0.4, -0.2) is 85.4 Å². The number of carboxylic acid groups (broad SMARTS) is 3. The van der Waals surface area contributed by atoms with Gasteiger partial charge in [-0.1, -0.05) is 24.3 Å². The maximum absolute atomic E-state index is 14.1. The molecule has 3 aromatic carbocycles. The van der Waals surface area contributed by atoms with Crippen LogP contribution in [0.3, 0.4) is 0 Å². The van der Waals surface area contributed by atoms with Gasteiger partial charge in [-0.25, -0.2) is 13.2 Å². The minimum atomic E-state index is -2.13. The lowest BCUT2D eigenvalue weighted by Crippen LogP contribution is -2.39. The fourth-order valence-corrected chi connectivity index (χ4v) is 4.92. The Labute approximate surface area is 277 Å². The van der Waals surface area contributed by atoms with Crippen LogP contribution in [0.2, 0.25) is 0 Å². The van der Waals surface area contributed by atoms with Gasteiger partial charge in [0, 0.05) is 55.7 Å². The van der Waals surface area contributed by atoms with Gasteiger partial charge in [-0.2, -0.15) is 4.39 Å². The molecular weight excluding hydrogens is 660 g/mol. The quantitative estimate of drug-likeness (QED) is 0.0425. The van der Waals surface area contributed by atoms with E-state index in [0.29, 0.717) is 16.7 Å². The lowest BCUT2D eigenvalue weighted by molar-refractivity contribution is -0.140. The first-order valence-electron chi connectivity index (χ1n) is 14.8. The Balaban J connectivity index is 1.71. The van der Waals surface area contributed by atoms with Gasteiger partial charge in [-0.15, -0.1) is 0 Å². The molecule has 0 atom stereocenters. The number of hydrogen-bond acceptors (Lipinski definition) is 9. The molecule has 5 N–H and O–H groups in total. The molecule has 0 saturated heterocycles. The van der Waals surface area contributed by atoms with Crippen molar-refractivity contribution in [2.45, 2.75) is 45.7 Å². The molecule has 264 valence electrons. The molecule has 3 aromatic rings. The highest BCUT2D eigenvalue weighted by atomic mass is 19.2. The highest BCUT2D eigenvalue weighted by Gasteiger charge is 2.26. The molecule has 0 aliphatic heterocycles. The molecule has 16 heteroatoms. The van der Waals surface area contributed by atoms with E-state index >= 15 is 0 Å². The Hall–Kier alpha value is -5.22. The molecule has 0 fully saturated rings. The van der Waals surface area contributed by atoms with Crippen LogP contribution in [0.25, 0.3) is 0 Å². The second-order valence-electron chi connectivity index (χ2n) is 11.2. The number of aliphatic carboxylic acids is 3. The van der Waals surface area contributed by atoms with E-state index in [9.17, 15) is 57.2 Å². The molecule has 0 aromatic heterocycles. The molecule has 49 heavy (non-hydrogen) atoms. The Morgan fingerprint density at radius 2 is 1.10 bits per heavy atom. The average molecular weight is 695 g/mol. The molecule has 12 nitrogen and oxygen atoms in total. The molecule has 0 amide bonds. The predicted octanol–water partition coefficient (Wildman–Crippen LogP) is 3.99. The predicted molar refractivity (Wildman–Crippen MR) is 163 cm³/mol. The summed E-state index contributed by atoms with van der Waals surface area (Å²) in [6.45, 7) is -0.273. The lowest BCUT2D eigenvalue weighted by Gasteiger charge is -2.26. The summed E-state index contributed by atoms with van der Waals surface area (Å²) in [7, 11) is 0. The summed E-state index contributed by atoms with van der Waals surface area (Å²) in [5.74, 6) is -13.7. The van der Waals surface area contributed by atoms with Crippen LogP contribution in [0.4, 0.5) is 17.6 Å². The van der Waals surface area contributed by atoms with Gasteiger partial charge in [-0.05, 0) is 43.0 Å². The lowest BCUT2D eigenvalue weighted by atomic mass is 10.0. The van der Waals surface area contributed by atoms with Gasteiger partial charge in [0.25, 0.3) is 0 Å². The highest BCUT2D eigenvalue weighted by Crippen LogP contribution is 2.30. The van der Waals surface area contributed by atoms with E-state index in [1.165, 1.54) is 34.1 Å². The number of hydrogen-bond donors (Lipinski definition) is 5. The summed E-state index contributed by atoms with van der Waals surface area (Å²) in [6.07, 6.45) is -0.441. The number of carbonyl (C=O) groups excluding carboxylic acids is 1. The molecule has 0 aliphatic rings. The molecular formula is C33H34F4N2O10. The fraction of sp³-hybridized carbons (Fsp3) is 0.333. The molecule has 0 aliphatic carbocycles. The standard InChI is InChI=1S/C33H34F4N2O10/c1-18-29(34)30(35)31(36)32(37)33(18)49-28(48)9-5-20-3-7-24(41)22(13-20)15-39(17-27(46)47)11-10-38(16-26(44)45)14-21-12-19(2-6-23(21)40)4-8-25(42)43/h2-3,6-7,12-13,40-41H,4-5,8-11,14-17H2,1H3,(H,42,43)(H,44,45)(H,46,47). The number of phenolic OH excluding ortho intramolecular Hbond substituents is 2. The van der Waals surface area contributed by atoms with Crippen molar-refractivity contribution >= 4 is 23.9 Å². The molecule has 0 unspecified atom stereocenters. The Kier molecular flexibility index (Phi) is 13.5. The summed E-state index contributed by atoms with van der Waals surface area (Å²) in [5.41, 5.74) is 0.898. The van der Waals surface area contributed by atoms with Crippen LogP contribution in [0.5, 0.6) is 17.2 Å². The second-order valence-corrected chi connectivity index (χ2v) is 11.2. The monoisotopic (exact) mass is 694 g/mol. The van der Waals surface area contributed by atoms with Crippen molar-refractivity contribution in [3.8, 4) is 17.2 Å². The zero-order valence-corrected chi connectivity index (χ0v) is 26.2. The number of phenols is 2. The Morgan fingerprint density at radius 1 is 0.653 bits per heavy atom. The van der Waals surface area contributed by atoms with Gasteiger partial charge in [0.1, 0.15) is 11.5 Å². The van der Waals surface area contributed by atoms with E-state index in [-0.39, 0.29) is 62.5 Å². The van der Waals surface area contributed by atoms with Crippen LogP contribution in [0, 0.1) is 30.2 Å². The largest absolute Gasteiger partial charge is 0.508 e. The molecule has 0 radical (unpaired) electrons. The van der Waals surface area contributed by atoms with E-state index in [1.807, 2.05) is 0 Å². The van der Waals surface area contributed by atoms with Crippen molar-refractivity contribution in [3.05, 3.63) is 87.5 Å². The van der Waals surface area contributed by atoms with Crippen molar-refractivity contribution in [1.82, 2.24) is 9.80 Å². The third-order valence-electron chi connectivity index (χ3n) is 7.43. The molecule has 0 bridgehead atoms. The number of carbonyl (C=O) groups is 4. The zero-order valence-electron chi connectivity index (χ0n) is 26.2. The number of carboxylic acids is 3. The maximum Gasteiger partial charge on any atom is 0.317 e. The molecule has 3 rings (SSSR count). The van der Waals surface area contributed by atoms with Gasteiger partial charge < -0.3 is 30.3 Å². The van der Waals surface area contributed by atoms with Crippen molar-refractivity contribution in [1.29, 1.82) is 0 Å². The number of rotatable bonds is 18. The first kappa shape index (κ1) is 38.2. The van der Waals surface area contributed by atoms with Crippen molar-refractivity contribution in [3.63, 3.8) is 0 Å². The number of aromatic hydroxyl groups is 2. The van der Waals surface area contributed by atoms with Crippen LogP contribution >= 0.6 is 0 Å². The Morgan fingerprint density at radius 3 is 1.55 bits per heavy atom. The molecule has 0 spiro atoms. The minimum Gasteiger partial charge on any atom is -0.508 e. The van der Waals surface area contributed by atoms with E-state index in [4.69, 9.17) is 9.84 Å². The number of halogens is 4. The van der Waals surface area contributed by atoms with Crippen LogP contribution < -0.4 is 4.74 Å². The Bertz CT molecular complexity index is 1690. The zero-order chi connectivity index (χ0) is 36.4. The van der Waals surface area contributed by atoms with Gasteiger partial charge in [0.15, 0.2) is 17.4 Å². The normalized spacial score (nSPS) is 11.2. The molecule has 0 saturated carbocycles. The molecule has 0 heterocycles. The van der Waals surface area contributed by atoms with Gasteiger partial charge in [0.2, 0.25) is 11.6 Å². The van der Waals surface area contributed by atoms with Crippen LogP contribution in [0.15, 0.2) is 36.4 Å². The number of aryl methyl sites for hydroxylation is 2. The van der Waals surface area contributed by atoms with E-state index in [1.54, 1.807) is 12.1 Å². The minimum absolute atomic E-state index is 0.00518. The van der Waals surface area contributed by atoms with Crippen molar-refractivity contribution < 1.29 is 67.0 Å². The van der Waals surface area contributed by atoms with Crippen molar-refractivity contribution in [2.24, 2.45) is 0 Å². The first-order chi connectivity index (χ1) is 23.0. The summed E-state index contributed by atoms with van der Waals surface area (Å²) >= 11 is 0. The van der Waals surface area contributed by atoms with Gasteiger partial charge in [0.05, 0.1) is 13.1 Å². The number of ether oxygens (including phenoxy) is 1. The summed E-state index contributed by atoms with van der Waals surface area (Å²) in [4.78, 5) is 49.4. The average Bonchev–Trinajstić information content (AvgIpc) is 3.03. The first-order valence-corrected chi connectivity index (χ1v) is 14.8. The topological polar surface area (TPSA) is 185 Å². The smallest absolute Gasteiger partial charge is 0.317 e. The fourth-order valence-electron chi connectivity index (χ4n) is 4.92. The van der Waals surface area contributed by atoms with E-state index in [0.717, 1.165) is 6.92 Å². The van der Waals surface area contributed by atoms with E-state index < -0.39 is 78.0 Å².